The van der Waals surface area contributed by atoms with Crippen LogP contribution >= 0.6 is 0 Å². The maximum atomic E-state index is 11.8. The van der Waals surface area contributed by atoms with E-state index in [-0.39, 0.29) is 5.56 Å². The molecule has 0 atom stereocenters. The van der Waals surface area contributed by atoms with Crippen LogP contribution in [0.5, 0.6) is 5.88 Å². The van der Waals surface area contributed by atoms with Crippen LogP contribution in [0.4, 0.5) is 16.2 Å². The highest BCUT2D eigenvalue weighted by Crippen LogP contribution is 2.13. The molecule has 1 aromatic heterocycles. The summed E-state index contributed by atoms with van der Waals surface area (Å²) < 4.78 is 4.91. The number of ether oxygens (including phenoxy) is 1. The van der Waals surface area contributed by atoms with Crippen molar-refractivity contribution in [3.63, 3.8) is 0 Å². The van der Waals surface area contributed by atoms with Gasteiger partial charge in [0.1, 0.15) is 0 Å². The molecule has 1 aromatic carbocycles. The lowest BCUT2D eigenvalue weighted by atomic mass is 10.2. The molecule has 0 spiro atoms. The number of carbonyl (C=O) groups excluding carboxylic acids is 1. The Balaban J connectivity index is 1.95. The zero-order valence-corrected chi connectivity index (χ0v) is 11.2. The standard InChI is InChI=1S/C14H13N3O4/c1-21-12-7-6-11(8-15-12)17-14(20)16-10-4-2-9(3-5-10)13(18)19/h2-8H,1H3,(H,18,19)(H2,16,17,20). The number of urea groups is 1. The molecule has 2 rings (SSSR count). The molecule has 0 bridgehead atoms. The number of pyridine rings is 1. The number of carboxylic acid groups (broad SMARTS) is 1. The maximum Gasteiger partial charge on any atom is 0.335 e. The van der Waals surface area contributed by atoms with Crippen molar-refractivity contribution < 1.29 is 19.4 Å². The van der Waals surface area contributed by atoms with Crippen LogP contribution in [0.1, 0.15) is 10.4 Å². The second kappa shape index (κ2) is 6.38. The van der Waals surface area contributed by atoms with Crippen LogP contribution in [0.2, 0.25) is 0 Å². The zero-order chi connectivity index (χ0) is 15.2. The third-order valence-corrected chi connectivity index (χ3v) is 2.59. The van der Waals surface area contributed by atoms with Crippen LogP contribution in [0.25, 0.3) is 0 Å². The lowest BCUT2D eigenvalue weighted by Gasteiger charge is -2.08. The fraction of sp³-hybridized carbons (Fsp3) is 0.0714. The Hall–Kier alpha value is -3.09. The van der Waals surface area contributed by atoms with E-state index in [1.54, 1.807) is 12.1 Å². The second-order valence-corrected chi connectivity index (χ2v) is 4.05. The number of rotatable bonds is 4. The van der Waals surface area contributed by atoms with Gasteiger partial charge < -0.3 is 20.5 Å². The van der Waals surface area contributed by atoms with Gasteiger partial charge in [0.05, 0.1) is 24.6 Å². The van der Waals surface area contributed by atoms with Crippen molar-refractivity contribution in [2.75, 3.05) is 17.7 Å². The number of amides is 2. The molecule has 7 heteroatoms. The third-order valence-electron chi connectivity index (χ3n) is 2.59. The highest BCUT2D eigenvalue weighted by atomic mass is 16.5. The summed E-state index contributed by atoms with van der Waals surface area (Å²) in [5.41, 5.74) is 1.15. The largest absolute Gasteiger partial charge is 0.481 e. The Labute approximate surface area is 120 Å². The lowest BCUT2D eigenvalue weighted by Crippen LogP contribution is -2.19. The summed E-state index contributed by atoms with van der Waals surface area (Å²) in [5.74, 6) is -0.569. The molecule has 0 saturated heterocycles. The molecule has 0 aliphatic carbocycles. The van der Waals surface area contributed by atoms with E-state index in [2.05, 4.69) is 15.6 Å². The Morgan fingerprint density at radius 3 is 2.19 bits per heavy atom. The fourth-order valence-electron chi connectivity index (χ4n) is 1.56. The minimum atomic E-state index is -1.02. The number of hydrogen-bond donors (Lipinski definition) is 3. The molecule has 0 aliphatic rings. The molecule has 108 valence electrons. The van der Waals surface area contributed by atoms with E-state index in [1.807, 2.05) is 0 Å². The van der Waals surface area contributed by atoms with Gasteiger partial charge in [-0.05, 0) is 30.3 Å². The number of nitrogens with one attached hydrogen (secondary N) is 2. The monoisotopic (exact) mass is 287 g/mol. The van der Waals surface area contributed by atoms with E-state index in [0.717, 1.165) is 0 Å². The van der Waals surface area contributed by atoms with Crippen molar-refractivity contribution in [1.82, 2.24) is 4.98 Å². The molecule has 7 nitrogen and oxygen atoms in total. The minimum Gasteiger partial charge on any atom is -0.481 e. The topological polar surface area (TPSA) is 101 Å². The number of hydrogen-bond acceptors (Lipinski definition) is 4. The predicted octanol–water partition coefficient (Wildman–Crippen LogP) is 2.43. The summed E-state index contributed by atoms with van der Waals surface area (Å²) in [6.07, 6.45) is 1.46. The Bertz CT molecular complexity index is 638. The number of benzene rings is 1. The van der Waals surface area contributed by atoms with Crippen LogP contribution in [-0.4, -0.2) is 29.2 Å². The summed E-state index contributed by atoms with van der Waals surface area (Å²) in [6, 6.07) is 8.66. The molecule has 21 heavy (non-hydrogen) atoms. The van der Waals surface area contributed by atoms with Gasteiger partial charge in [-0.2, -0.15) is 0 Å². The molecule has 0 radical (unpaired) electrons. The van der Waals surface area contributed by atoms with Gasteiger partial charge in [0.2, 0.25) is 5.88 Å². The lowest BCUT2D eigenvalue weighted by molar-refractivity contribution is 0.0697. The minimum absolute atomic E-state index is 0.153. The van der Waals surface area contributed by atoms with Crippen molar-refractivity contribution in [3.05, 3.63) is 48.2 Å². The third kappa shape index (κ3) is 3.93. The fourth-order valence-corrected chi connectivity index (χ4v) is 1.56. The Kier molecular flexibility index (Phi) is 4.35. The van der Waals surface area contributed by atoms with Gasteiger partial charge in [0, 0.05) is 11.8 Å². The molecule has 0 saturated carbocycles. The quantitative estimate of drug-likeness (QED) is 0.801. The molecular weight excluding hydrogens is 274 g/mol. The van der Waals surface area contributed by atoms with E-state index < -0.39 is 12.0 Å². The SMILES string of the molecule is COc1ccc(NC(=O)Nc2ccc(C(=O)O)cc2)cn1. The van der Waals surface area contributed by atoms with Gasteiger partial charge in [0.25, 0.3) is 0 Å². The van der Waals surface area contributed by atoms with Gasteiger partial charge in [-0.15, -0.1) is 0 Å². The number of carboxylic acids is 1. The second-order valence-electron chi connectivity index (χ2n) is 4.05. The summed E-state index contributed by atoms with van der Waals surface area (Å²) >= 11 is 0. The van der Waals surface area contributed by atoms with Crippen LogP contribution in [-0.2, 0) is 0 Å². The molecule has 2 aromatic rings. The van der Waals surface area contributed by atoms with Crippen molar-refractivity contribution in [3.8, 4) is 5.88 Å². The molecule has 0 aliphatic heterocycles. The van der Waals surface area contributed by atoms with Gasteiger partial charge >= 0.3 is 12.0 Å². The van der Waals surface area contributed by atoms with Crippen molar-refractivity contribution in [2.45, 2.75) is 0 Å². The van der Waals surface area contributed by atoms with Crippen LogP contribution in [0, 0.1) is 0 Å². The van der Waals surface area contributed by atoms with Gasteiger partial charge in [-0.1, -0.05) is 0 Å². The number of carbonyl (C=O) groups is 2. The van der Waals surface area contributed by atoms with E-state index >= 15 is 0 Å². The molecule has 0 unspecified atom stereocenters. The molecule has 0 fully saturated rings. The smallest absolute Gasteiger partial charge is 0.335 e. The first-order valence-electron chi connectivity index (χ1n) is 6.00. The highest BCUT2D eigenvalue weighted by molar-refractivity contribution is 6.00. The molecular formula is C14H13N3O4. The first-order valence-corrected chi connectivity index (χ1v) is 6.00. The van der Waals surface area contributed by atoms with E-state index in [9.17, 15) is 9.59 Å². The van der Waals surface area contributed by atoms with E-state index in [4.69, 9.17) is 9.84 Å². The average Bonchev–Trinajstić information content (AvgIpc) is 2.48. The number of anilines is 2. The van der Waals surface area contributed by atoms with E-state index in [0.29, 0.717) is 17.3 Å². The number of aromatic carboxylic acids is 1. The first-order chi connectivity index (χ1) is 10.1. The number of methoxy groups -OCH3 is 1. The zero-order valence-electron chi connectivity index (χ0n) is 11.2. The summed E-state index contributed by atoms with van der Waals surface area (Å²) in [5, 5.41) is 14.0. The van der Waals surface area contributed by atoms with Crippen LogP contribution in [0.3, 0.4) is 0 Å². The Morgan fingerprint density at radius 1 is 1.05 bits per heavy atom. The van der Waals surface area contributed by atoms with E-state index in [1.165, 1.54) is 37.6 Å². The van der Waals surface area contributed by atoms with Gasteiger partial charge in [-0.3, -0.25) is 0 Å². The normalized spacial score (nSPS) is 9.76. The van der Waals surface area contributed by atoms with Crippen molar-refractivity contribution in [1.29, 1.82) is 0 Å². The first kappa shape index (κ1) is 14.3. The van der Waals surface area contributed by atoms with Crippen molar-refractivity contribution in [2.24, 2.45) is 0 Å². The number of nitrogens with zero attached hydrogens (tertiary/aromatic N) is 1. The van der Waals surface area contributed by atoms with Crippen molar-refractivity contribution >= 4 is 23.4 Å². The van der Waals surface area contributed by atoms with Crippen LogP contribution < -0.4 is 15.4 Å². The van der Waals surface area contributed by atoms with Gasteiger partial charge in [-0.25, -0.2) is 14.6 Å². The summed E-state index contributed by atoms with van der Waals surface area (Å²) in [4.78, 5) is 26.4. The summed E-state index contributed by atoms with van der Waals surface area (Å²) in [7, 11) is 1.50. The van der Waals surface area contributed by atoms with Gasteiger partial charge in [0.15, 0.2) is 0 Å². The Morgan fingerprint density at radius 2 is 1.67 bits per heavy atom. The molecule has 1 heterocycles. The molecule has 2 amide bonds. The average molecular weight is 287 g/mol. The highest BCUT2D eigenvalue weighted by Gasteiger charge is 2.05. The maximum absolute atomic E-state index is 11.8. The summed E-state index contributed by atoms with van der Waals surface area (Å²) in [6.45, 7) is 0. The van der Waals surface area contributed by atoms with Crippen LogP contribution in [0.15, 0.2) is 42.6 Å². The predicted molar refractivity (Wildman–Crippen MR) is 76.8 cm³/mol. The number of aromatic nitrogens is 1. The molecule has 3 N–H and O–H groups in total.